The summed E-state index contributed by atoms with van der Waals surface area (Å²) in [7, 11) is 0.554. The van der Waals surface area contributed by atoms with E-state index in [9.17, 15) is 8.42 Å². The molecule has 0 aromatic carbocycles. The van der Waals surface area contributed by atoms with Gasteiger partial charge in [-0.2, -0.15) is 17.0 Å². The molecule has 6 nitrogen and oxygen atoms in total. The first kappa shape index (κ1) is 17.1. The third-order valence-electron chi connectivity index (χ3n) is 4.98. The Hall–Kier alpha value is -0.210. The molecular weight excluding hydrogens is 288 g/mol. The van der Waals surface area contributed by atoms with Crippen LogP contribution in [0.15, 0.2) is 0 Å². The number of hydrogen-bond donors (Lipinski definition) is 1. The second-order valence-corrected chi connectivity index (χ2v) is 8.65. The molecule has 2 fully saturated rings. The molecule has 0 aromatic rings. The van der Waals surface area contributed by atoms with Gasteiger partial charge in [-0.25, -0.2) is 0 Å². The molecule has 2 saturated heterocycles. The van der Waals surface area contributed by atoms with Gasteiger partial charge in [0.05, 0.1) is 0 Å². The monoisotopic (exact) mass is 318 g/mol. The highest BCUT2D eigenvalue weighted by Gasteiger charge is 2.32. The molecular formula is C14H30N4O2S. The van der Waals surface area contributed by atoms with Crippen LogP contribution in [0.1, 0.15) is 25.7 Å². The van der Waals surface area contributed by atoms with Gasteiger partial charge in [-0.15, -0.1) is 0 Å². The van der Waals surface area contributed by atoms with E-state index in [1.165, 1.54) is 0 Å². The quantitative estimate of drug-likeness (QED) is 0.785. The van der Waals surface area contributed by atoms with Crippen molar-refractivity contribution in [2.24, 2.45) is 17.6 Å². The van der Waals surface area contributed by atoms with Gasteiger partial charge in [0, 0.05) is 26.7 Å². The molecule has 0 spiro atoms. The van der Waals surface area contributed by atoms with Gasteiger partial charge in [0.25, 0.3) is 10.2 Å². The van der Waals surface area contributed by atoms with E-state index < -0.39 is 10.2 Å². The SMILES string of the molecule is CN1CCC(CN(C)S(=O)(=O)N2CCC(CN)CC2)CC1. The Morgan fingerprint density at radius 1 is 1.05 bits per heavy atom. The van der Waals surface area contributed by atoms with Crippen molar-refractivity contribution in [3.8, 4) is 0 Å². The number of nitrogens with two attached hydrogens (primary N) is 1. The van der Waals surface area contributed by atoms with Crippen LogP contribution >= 0.6 is 0 Å². The molecule has 0 bridgehead atoms. The Balaban J connectivity index is 1.87. The summed E-state index contributed by atoms with van der Waals surface area (Å²) in [6.45, 7) is 4.68. The van der Waals surface area contributed by atoms with E-state index in [2.05, 4.69) is 11.9 Å². The molecule has 2 rings (SSSR count). The van der Waals surface area contributed by atoms with Gasteiger partial charge in [0.1, 0.15) is 0 Å². The summed E-state index contributed by atoms with van der Waals surface area (Å²) in [5.41, 5.74) is 5.67. The molecule has 0 amide bonds. The topological polar surface area (TPSA) is 69.9 Å². The molecule has 0 radical (unpaired) electrons. The van der Waals surface area contributed by atoms with Gasteiger partial charge in [0.2, 0.25) is 0 Å². The van der Waals surface area contributed by atoms with Crippen LogP contribution in [0.2, 0.25) is 0 Å². The number of rotatable bonds is 5. The van der Waals surface area contributed by atoms with Crippen LogP contribution in [-0.2, 0) is 10.2 Å². The summed E-state index contributed by atoms with van der Waals surface area (Å²) < 4.78 is 28.5. The first-order chi connectivity index (χ1) is 9.93. The summed E-state index contributed by atoms with van der Waals surface area (Å²) in [4.78, 5) is 2.31. The van der Waals surface area contributed by atoms with Gasteiger partial charge in [-0.1, -0.05) is 0 Å². The Kier molecular flexibility index (Phi) is 6.02. The lowest BCUT2D eigenvalue weighted by Crippen LogP contribution is -2.48. The second-order valence-electron chi connectivity index (χ2n) is 6.61. The van der Waals surface area contributed by atoms with Crippen molar-refractivity contribution in [3.63, 3.8) is 0 Å². The van der Waals surface area contributed by atoms with Crippen molar-refractivity contribution < 1.29 is 8.42 Å². The Morgan fingerprint density at radius 3 is 2.10 bits per heavy atom. The molecule has 0 saturated carbocycles. The molecule has 2 aliphatic heterocycles. The zero-order valence-electron chi connectivity index (χ0n) is 13.4. The van der Waals surface area contributed by atoms with Crippen LogP contribution in [0.3, 0.4) is 0 Å². The maximum Gasteiger partial charge on any atom is 0.281 e. The molecule has 2 heterocycles. The van der Waals surface area contributed by atoms with Crippen molar-refractivity contribution in [2.45, 2.75) is 25.7 Å². The number of piperidine rings is 2. The van der Waals surface area contributed by atoms with Gasteiger partial charge >= 0.3 is 0 Å². The van der Waals surface area contributed by atoms with Crippen molar-refractivity contribution in [1.82, 2.24) is 13.5 Å². The van der Waals surface area contributed by atoms with E-state index in [-0.39, 0.29) is 0 Å². The fourth-order valence-corrected chi connectivity index (χ4v) is 4.74. The van der Waals surface area contributed by atoms with Gasteiger partial charge in [0.15, 0.2) is 0 Å². The Labute approximate surface area is 129 Å². The van der Waals surface area contributed by atoms with Crippen LogP contribution in [0.5, 0.6) is 0 Å². The predicted octanol–water partition coefficient (Wildman–Crippen LogP) is 0.176. The number of hydrogen-bond acceptors (Lipinski definition) is 4. The third kappa shape index (κ3) is 4.39. The summed E-state index contributed by atoms with van der Waals surface area (Å²) >= 11 is 0. The van der Waals surface area contributed by atoms with Crippen molar-refractivity contribution >= 4 is 10.2 Å². The minimum Gasteiger partial charge on any atom is -0.330 e. The summed E-state index contributed by atoms with van der Waals surface area (Å²) in [5.74, 6) is 0.971. The first-order valence-electron chi connectivity index (χ1n) is 8.03. The van der Waals surface area contributed by atoms with Crippen molar-refractivity contribution in [2.75, 3.05) is 53.4 Å². The highest BCUT2D eigenvalue weighted by atomic mass is 32.2. The largest absolute Gasteiger partial charge is 0.330 e. The zero-order chi connectivity index (χ0) is 15.5. The number of nitrogens with zero attached hydrogens (tertiary/aromatic N) is 3. The van der Waals surface area contributed by atoms with Gasteiger partial charge in [-0.05, 0) is 64.2 Å². The lowest BCUT2D eigenvalue weighted by atomic mass is 9.97. The van der Waals surface area contributed by atoms with Gasteiger partial charge in [-0.3, -0.25) is 0 Å². The maximum absolute atomic E-state index is 12.6. The van der Waals surface area contributed by atoms with Crippen LogP contribution in [0, 0.1) is 11.8 Å². The minimum absolute atomic E-state index is 0.482. The highest BCUT2D eigenvalue weighted by molar-refractivity contribution is 7.86. The van der Waals surface area contributed by atoms with E-state index in [0.29, 0.717) is 38.0 Å². The number of likely N-dealkylation sites (tertiary alicyclic amines) is 1. The van der Waals surface area contributed by atoms with Crippen LogP contribution in [0.25, 0.3) is 0 Å². The van der Waals surface area contributed by atoms with E-state index in [1.54, 1.807) is 15.7 Å². The predicted molar refractivity (Wildman–Crippen MR) is 85.1 cm³/mol. The van der Waals surface area contributed by atoms with Crippen LogP contribution < -0.4 is 5.73 Å². The fraction of sp³-hybridized carbons (Fsp3) is 1.00. The highest BCUT2D eigenvalue weighted by Crippen LogP contribution is 2.22. The molecule has 2 N–H and O–H groups in total. The molecule has 124 valence electrons. The molecule has 0 aliphatic carbocycles. The Morgan fingerprint density at radius 2 is 1.57 bits per heavy atom. The molecule has 21 heavy (non-hydrogen) atoms. The third-order valence-corrected chi connectivity index (χ3v) is 6.93. The van der Waals surface area contributed by atoms with Crippen LogP contribution in [0.4, 0.5) is 0 Å². The molecule has 0 atom stereocenters. The summed E-state index contributed by atoms with van der Waals surface area (Å²) in [6.07, 6.45) is 3.95. The fourth-order valence-electron chi connectivity index (χ4n) is 3.28. The second kappa shape index (κ2) is 7.37. The van der Waals surface area contributed by atoms with Crippen molar-refractivity contribution in [3.05, 3.63) is 0 Å². The maximum atomic E-state index is 12.6. The average molecular weight is 318 g/mol. The summed E-state index contributed by atoms with van der Waals surface area (Å²) in [5, 5.41) is 0. The zero-order valence-corrected chi connectivity index (χ0v) is 14.2. The van der Waals surface area contributed by atoms with Gasteiger partial charge < -0.3 is 10.6 Å². The van der Waals surface area contributed by atoms with E-state index in [4.69, 9.17) is 5.73 Å². The standard InChI is InChI=1S/C14H30N4O2S/c1-16-7-3-14(4-8-16)12-17(2)21(19,20)18-9-5-13(11-15)6-10-18/h13-14H,3-12,15H2,1-2H3. The lowest BCUT2D eigenvalue weighted by Gasteiger charge is -2.36. The minimum atomic E-state index is -3.29. The normalized spacial score (nSPS) is 24.8. The smallest absolute Gasteiger partial charge is 0.281 e. The molecule has 2 aliphatic rings. The molecule has 7 heteroatoms. The van der Waals surface area contributed by atoms with E-state index in [1.807, 2.05) is 0 Å². The van der Waals surface area contributed by atoms with Crippen molar-refractivity contribution in [1.29, 1.82) is 0 Å². The average Bonchev–Trinajstić information content (AvgIpc) is 2.49. The van der Waals surface area contributed by atoms with Crippen LogP contribution in [-0.4, -0.2) is 75.3 Å². The van der Waals surface area contributed by atoms with E-state index in [0.717, 1.165) is 38.8 Å². The first-order valence-corrected chi connectivity index (χ1v) is 9.43. The lowest BCUT2D eigenvalue weighted by molar-refractivity contribution is 0.196. The summed E-state index contributed by atoms with van der Waals surface area (Å²) in [6, 6.07) is 0. The Bertz CT molecular complexity index is 413. The molecule has 0 aromatic heterocycles. The van der Waals surface area contributed by atoms with E-state index >= 15 is 0 Å². The molecule has 0 unspecified atom stereocenters.